The number of rotatable bonds is 3. The lowest BCUT2D eigenvalue weighted by Gasteiger charge is -2.23. The minimum atomic E-state index is -0.247. The van der Waals surface area contributed by atoms with E-state index in [1.807, 2.05) is 24.3 Å². The molecule has 0 saturated heterocycles. The van der Waals surface area contributed by atoms with Gasteiger partial charge in [-0.1, -0.05) is 129 Å². The van der Waals surface area contributed by atoms with E-state index in [-0.39, 0.29) is 5.41 Å². The van der Waals surface area contributed by atoms with Crippen LogP contribution in [0.5, 0.6) is 0 Å². The first-order valence-corrected chi connectivity index (χ1v) is 19.8. The Morgan fingerprint density at radius 2 is 0.982 bits per heavy atom. The quantitative estimate of drug-likeness (QED) is 0.182. The van der Waals surface area contributed by atoms with E-state index in [4.69, 9.17) is 9.97 Å². The standard InChI is InChI=1S/C53H34N4/c1-53(2)40-29-32(51-50(31-13-4-3-5-14-31)54-42-19-7-8-20-43(42)55-51)25-27-34(40)35-28-26-33(30-41(35)53)56-45-22-11-16-37-39-18-10-17-38-36-15-6-9-21-44(36)57(52(38)39)47-24-12-23-46(56)49(47)48(37)45/h3-30H,1-2H3. The van der Waals surface area contributed by atoms with Gasteiger partial charge < -0.3 is 8.97 Å². The fourth-order valence-electron chi connectivity index (χ4n) is 10.3. The van der Waals surface area contributed by atoms with Crippen molar-refractivity contribution >= 4 is 70.9 Å². The van der Waals surface area contributed by atoms with Crippen LogP contribution in [0.3, 0.4) is 0 Å². The summed E-state index contributed by atoms with van der Waals surface area (Å²) in [6, 6.07) is 61.9. The largest absolute Gasteiger partial charge is 0.309 e. The smallest absolute Gasteiger partial charge is 0.0973 e. The van der Waals surface area contributed by atoms with Crippen molar-refractivity contribution in [3.05, 3.63) is 181 Å². The van der Waals surface area contributed by atoms with Crippen molar-refractivity contribution in [1.29, 1.82) is 0 Å². The number of hydrogen-bond donors (Lipinski definition) is 0. The second kappa shape index (κ2) is 10.9. The zero-order valence-electron chi connectivity index (χ0n) is 31.5. The summed E-state index contributed by atoms with van der Waals surface area (Å²) in [6.07, 6.45) is 0. The van der Waals surface area contributed by atoms with Crippen molar-refractivity contribution in [3.8, 4) is 39.3 Å². The monoisotopic (exact) mass is 726 g/mol. The van der Waals surface area contributed by atoms with Gasteiger partial charge in [-0.05, 0) is 82.2 Å². The maximum absolute atomic E-state index is 5.25. The summed E-state index contributed by atoms with van der Waals surface area (Å²) >= 11 is 0. The third kappa shape index (κ3) is 4.01. The summed E-state index contributed by atoms with van der Waals surface area (Å²) in [5, 5.41) is 7.74. The van der Waals surface area contributed by atoms with Gasteiger partial charge in [0, 0.05) is 49.2 Å². The van der Waals surface area contributed by atoms with Gasteiger partial charge >= 0.3 is 0 Å². The van der Waals surface area contributed by atoms with Gasteiger partial charge in [-0.2, -0.15) is 0 Å². The summed E-state index contributed by atoms with van der Waals surface area (Å²) in [6.45, 7) is 4.74. The Morgan fingerprint density at radius 1 is 0.421 bits per heavy atom. The van der Waals surface area contributed by atoms with Gasteiger partial charge in [0.15, 0.2) is 0 Å². The van der Waals surface area contributed by atoms with Gasteiger partial charge in [0.1, 0.15) is 0 Å². The zero-order valence-corrected chi connectivity index (χ0v) is 31.5. The minimum Gasteiger partial charge on any atom is -0.309 e. The van der Waals surface area contributed by atoms with E-state index >= 15 is 0 Å². The molecular weight excluding hydrogens is 693 g/mol. The molecule has 13 rings (SSSR count). The summed E-state index contributed by atoms with van der Waals surface area (Å²) in [4.78, 5) is 10.4. The number of fused-ring (bicyclic) bond motifs is 9. The molecule has 4 heterocycles. The molecule has 57 heavy (non-hydrogen) atoms. The third-order valence-electron chi connectivity index (χ3n) is 12.8. The minimum absolute atomic E-state index is 0.247. The number of hydrogen-bond acceptors (Lipinski definition) is 2. The van der Waals surface area contributed by atoms with E-state index in [0.717, 1.165) is 33.5 Å². The molecule has 0 aliphatic heterocycles. The topological polar surface area (TPSA) is 35.1 Å². The summed E-state index contributed by atoms with van der Waals surface area (Å²) in [7, 11) is 0. The van der Waals surface area contributed by atoms with Crippen LogP contribution in [0.2, 0.25) is 0 Å². The van der Waals surface area contributed by atoms with Gasteiger partial charge in [0.05, 0.1) is 50.0 Å². The van der Waals surface area contributed by atoms with Crippen LogP contribution in [0.4, 0.5) is 0 Å². The van der Waals surface area contributed by atoms with E-state index in [1.165, 1.54) is 87.8 Å². The Bertz CT molecular complexity index is 3660. The zero-order chi connectivity index (χ0) is 37.6. The fourth-order valence-corrected chi connectivity index (χ4v) is 10.3. The van der Waals surface area contributed by atoms with Crippen LogP contribution in [0.15, 0.2) is 170 Å². The van der Waals surface area contributed by atoms with Crippen LogP contribution in [0.1, 0.15) is 25.0 Å². The molecule has 1 aliphatic carbocycles. The second-order valence-corrected chi connectivity index (χ2v) is 16.2. The second-order valence-electron chi connectivity index (χ2n) is 16.2. The Morgan fingerprint density at radius 3 is 1.79 bits per heavy atom. The first kappa shape index (κ1) is 31.0. The molecule has 0 atom stereocenters. The first-order chi connectivity index (χ1) is 28.0. The lowest BCUT2D eigenvalue weighted by Crippen LogP contribution is -2.15. The van der Waals surface area contributed by atoms with Crippen molar-refractivity contribution in [1.82, 2.24) is 18.9 Å². The van der Waals surface area contributed by atoms with Crippen molar-refractivity contribution < 1.29 is 0 Å². The van der Waals surface area contributed by atoms with Crippen LogP contribution in [-0.4, -0.2) is 18.9 Å². The van der Waals surface area contributed by atoms with E-state index in [9.17, 15) is 0 Å². The number of para-hydroxylation sites is 4. The molecule has 266 valence electrons. The number of benzene rings is 8. The van der Waals surface area contributed by atoms with Crippen LogP contribution in [0.25, 0.3) is 110 Å². The van der Waals surface area contributed by atoms with Crippen LogP contribution >= 0.6 is 0 Å². The SMILES string of the molecule is CC1(C)c2cc(-c3nc4ccccc4nc3-c3ccccc3)ccc2-c2ccc(-n3c4cccc5c6cccc7c8ccccc8n(c8cccc3c8c54)c67)cc21. The Kier molecular flexibility index (Phi) is 5.94. The van der Waals surface area contributed by atoms with Crippen molar-refractivity contribution in [2.45, 2.75) is 19.3 Å². The van der Waals surface area contributed by atoms with E-state index in [1.54, 1.807) is 0 Å². The van der Waals surface area contributed by atoms with E-state index in [2.05, 4.69) is 168 Å². The lowest BCUT2D eigenvalue weighted by atomic mass is 9.81. The normalized spacial score (nSPS) is 13.6. The number of aromatic nitrogens is 4. The molecule has 0 spiro atoms. The molecular formula is C53H34N4. The van der Waals surface area contributed by atoms with Crippen molar-refractivity contribution in [2.24, 2.45) is 0 Å². The van der Waals surface area contributed by atoms with Gasteiger partial charge in [0.2, 0.25) is 0 Å². The predicted molar refractivity (Wildman–Crippen MR) is 237 cm³/mol. The Balaban J connectivity index is 1.03. The van der Waals surface area contributed by atoms with Crippen LogP contribution < -0.4 is 0 Å². The summed E-state index contributed by atoms with van der Waals surface area (Å²) in [5.74, 6) is 0. The molecule has 1 aliphatic rings. The molecule has 0 amide bonds. The Labute approximate surface area is 328 Å². The average Bonchev–Trinajstić information content (AvgIpc) is 3.83. The molecule has 0 unspecified atom stereocenters. The molecule has 4 aromatic heterocycles. The van der Waals surface area contributed by atoms with E-state index < -0.39 is 0 Å². The maximum Gasteiger partial charge on any atom is 0.0973 e. The van der Waals surface area contributed by atoms with Crippen LogP contribution in [0, 0.1) is 0 Å². The van der Waals surface area contributed by atoms with Gasteiger partial charge in [-0.25, -0.2) is 9.97 Å². The molecule has 0 N–H and O–H groups in total. The molecule has 4 nitrogen and oxygen atoms in total. The van der Waals surface area contributed by atoms with E-state index in [0.29, 0.717) is 0 Å². The molecule has 4 heteroatoms. The summed E-state index contributed by atoms with van der Waals surface area (Å²) < 4.78 is 5.01. The molecule has 0 saturated carbocycles. The highest BCUT2D eigenvalue weighted by atomic mass is 15.0. The van der Waals surface area contributed by atoms with Gasteiger partial charge in [0.25, 0.3) is 0 Å². The molecule has 8 aromatic carbocycles. The third-order valence-corrected chi connectivity index (χ3v) is 12.8. The van der Waals surface area contributed by atoms with Gasteiger partial charge in [-0.15, -0.1) is 0 Å². The maximum atomic E-state index is 5.25. The number of nitrogens with zero attached hydrogens (tertiary/aromatic N) is 4. The molecule has 0 radical (unpaired) electrons. The predicted octanol–water partition coefficient (Wildman–Crippen LogP) is 13.5. The summed E-state index contributed by atoms with van der Waals surface area (Å²) in [5.41, 5.74) is 18.1. The highest BCUT2D eigenvalue weighted by Crippen LogP contribution is 2.51. The lowest BCUT2D eigenvalue weighted by molar-refractivity contribution is 0.660. The first-order valence-electron chi connectivity index (χ1n) is 19.8. The van der Waals surface area contributed by atoms with Crippen molar-refractivity contribution in [2.75, 3.05) is 0 Å². The fraction of sp³-hybridized carbons (Fsp3) is 0.0566. The van der Waals surface area contributed by atoms with Gasteiger partial charge in [-0.3, -0.25) is 0 Å². The molecule has 12 aromatic rings. The highest BCUT2D eigenvalue weighted by Gasteiger charge is 2.36. The highest BCUT2D eigenvalue weighted by molar-refractivity contribution is 6.31. The Hall–Kier alpha value is -7.30. The molecule has 0 bridgehead atoms. The average molecular weight is 727 g/mol. The molecule has 0 fully saturated rings. The van der Waals surface area contributed by atoms with Crippen molar-refractivity contribution in [3.63, 3.8) is 0 Å². The van der Waals surface area contributed by atoms with Crippen LogP contribution in [-0.2, 0) is 5.41 Å².